The summed E-state index contributed by atoms with van der Waals surface area (Å²) in [5.41, 5.74) is 1.24. The zero-order chi connectivity index (χ0) is 13.0. The number of hydrogen-bond acceptors (Lipinski definition) is 3. The summed E-state index contributed by atoms with van der Waals surface area (Å²) in [5, 5.41) is 5.63. The molecule has 0 radical (unpaired) electrons. The van der Waals surface area contributed by atoms with Crippen molar-refractivity contribution in [3.05, 3.63) is 35.9 Å². The van der Waals surface area contributed by atoms with Gasteiger partial charge in [0.25, 0.3) is 0 Å². The molecule has 2 N–H and O–H groups in total. The van der Waals surface area contributed by atoms with Gasteiger partial charge in [0.1, 0.15) is 0 Å². The lowest BCUT2D eigenvalue weighted by molar-refractivity contribution is -0.134. The normalized spacial score (nSPS) is 21.5. The Labute approximate surface area is 107 Å². The van der Waals surface area contributed by atoms with Crippen LogP contribution in [0.4, 0.5) is 0 Å². The molecule has 0 saturated carbocycles. The number of imide groups is 1. The van der Waals surface area contributed by atoms with E-state index in [1.165, 1.54) is 5.56 Å². The lowest BCUT2D eigenvalue weighted by atomic mass is 10.0. The molecule has 1 aromatic rings. The fraction of sp³-hybridized carbons (Fsp3) is 0.429. The SMILES string of the molecule is CC(Cc1ccccc1)NC1CCC(=O)NC1=O. The molecule has 2 unspecified atom stereocenters. The summed E-state index contributed by atoms with van der Waals surface area (Å²) >= 11 is 0. The Morgan fingerprint density at radius 1 is 1.33 bits per heavy atom. The van der Waals surface area contributed by atoms with Crippen LogP contribution in [-0.4, -0.2) is 23.9 Å². The van der Waals surface area contributed by atoms with Crippen molar-refractivity contribution < 1.29 is 9.59 Å². The number of carbonyl (C=O) groups is 2. The van der Waals surface area contributed by atoms with Crippen molar-refractivity contribution in [2.75, 3.05) is 0 Å². The summed E-state index contributed by atoms with van der Waals surface area (Å²) < 4.78 is 0. The molecule has 1 saturated heterocycles. The van der Waals surface area contributed by atoms with Crippen LogP contribution in [-0.2, 0) is 16.0 Å². The molecule has 1 aliphatic rings. The smallest absolute Gasteiger partial charge is 0.243 e. The molecule has 0 aliphatic carbocycles. The van der Waals surface area contributed by atoms with Crippen LogP contribution in [0.1, 0.15) is 25.3 Å². The first-order valence-electron chi connectivity index (χ1n) is 6.29. The monoisotopic (exact) mass is 246 g/mol. The second kappa shape index (κ2) is 5.78. The second-order valence-corrected chi connectivity index (χ2v) is 4.76. The maximum Gasteiger partial charge on any atom is 0.243 e. The second-order valence-electron chi connectivity index (χ2n) is 4.76. The van der Waals surface area contributed by atoms with E-state index in [4.69, 9.17) is 0 Å². The van der Waals surface area contributed by atoms with E-state index < -0.39 is 0 Å². The molecular formula is C14H18N2O2. The van der Waals surface area contributed by atoms with E-state index >= 15 is 0 Å². The van der Waals surface area contributed by atoms with E-state index in [1.807, 2.05) is 18.2 Å². The summed E-state index contributed by atoms with van der Waals surface area (Å²) in [7, 11) is 0. The van der Waals surface area contributed by atoms with Crippen LogP contribution in [0.5, 0.6) is 0 Å². The van der Waals surface area contributed by atoms with Gasteiger partial charge >= 0.3 is 0 Å². The minimum absolute atomic E-state index is 0.172. The Balaban J connectivity index is 1.86. The largest absolute Gasteiger partial charge is 0.303 e. The van der Waals surface area contributed by atoms with Crippen molar-refractivity contribution in [2.45, 2.75) is 38.3 Å². The van der Waals surface area contributed by atoms with E-state index in [1.54, 1.807) is 0 Å². The average Bonchev–Trinajstić information content (AvgIpc) is 2.34. The molecule has 4 heteroatoms. The van der Waals surface area contributed by atoms with Crippen LogP contribution >= 0.6 is 0 Å². The first-order chi connectivity index (χ1) is 8.65. The number of amides is 2. The molecule has 1 aromatic carbocycles. The molecular weight excluding hydrogens is 228 g/mol. The fourth-order valence-electron chi connectivity index (χ4n) is 2.22. The first kappa shape index (κ1) is 12.8. The molecule has 0 aromatic heterocycles. The Hall–Kier alpha value is -1.68. The fourth-order valence-corrected chi connectivity index (χ4v) is 2.22. The molecule has 4 nitrogen and oxygen atoms in total. The summed E-state index contributed by atoms with van der Waals surface area (Å²) in [5.74, 6) is -0.375. The van der Waals surface area contributed by atoms with Crippen LogP contribution in [0.25, 0.3) is 0 Å². The van der Waals surface area contributed by atoms with E-state index in [0.29, 0.717) is 12.8 Å². The van der Waals surface area contributed by atoms with E-state index in [0.717, 1.165) is 6.42 Å². The maximum atomic E-state index is 11.6. The Bertz CT molecular complexity index is 431. The molecule has 18 heavy (non-hydrogen) atoms. The van der Waals surface area contributed by atoms with E-state index in [2.05, 4.69) is 29.7 Å². The molecule has 1 heterocycles. The third-order valence-corrected chi connectivity index (χ3v) is 3.11. The third kappa shape index (κ3) is 3.40. The molecule has 2 rings (SSSR count). The molecule has 0 bridgehead atoms. The van der Waals surface area contributed by atoms with Gasteiger partial charge in [0, 0.05) is 12.5 Å². The first-order valence-corrected chi connectivity index (χ1v) is 6.29. The van der Waals surface area contributed by atoms with Gasteiger partial charge in [-0.15, -0.1) is 0 Å². The predicted molar refractivity (Wildman–Crippen MR) is 68.9 cm³/mol. The zero-order valence-corrected chi connectivity index (χ0v) is 10.5. The zero-order valence-electron chi connectivity index (χ0n) is 10.5. The highest BCUT2D eigenvalue weighted by Gasteiger charge is 2.27. The molecule has 1 aliphatic heterocycles. The topological polar surface area (TPSA) is 58.2 Å². The molecule has 2 amide bonds. The Morgan fingerprint density at radius 3 is 2.72 bits per heavy atom. The van der Waals surface area contributed by atoms with Crippen molar-refractivity contribution in [1.29, 1.82) is 0 Å². The van der Waals surface area contributed by atoms with Crippen molar-refractivity contribution in [3.63, 3.8) is 0 Å². The van der Waals surface area contributed by atoms with Crippen molar-refractivity contribution >= 4 is 11.8 Å². The quantitative estimate of drug-likeness (QED) is 0.780. The average molecular weight is 246 g/mol. The molecule has 0 spiro atoms. The van der Waals surface area contributed by atoms with Crippen LogP contribution < -0.4 is 10.6 Å². The molecule has 96 valence electrons. The number of nitrogens with one attached hydrogen (secondary N) is 2. The number of carbonyl (C=O) groups excluding carboxylic acids is 2. The highest BCUT2D eigenvalue weighted by molar-refractivity contribution is 6.00. The van der Waals surface area contributed by atoms with Gasteiger partial charge in [0.05, 0.1) is 6.04 Å². The number of piperidine rings is 1. The van der Waals surface area contributed by atoms with Crippen molar-refractivity contribution in [2.24, 2.45) is 0 Å². The van der Waals surface area contributed by atoms with Crippen LogP contribution in [0.15, 0.2) is 30.3 Å². The lowest BCUT2D eigenvalue weighted by Crippen LogP contribution is -2.53. The Morgan fingerprint density at radius 2 is 2.06 bits per heavy atom. The molecule has 1 fully saturated rings. The number of hydrogen-bond donors (Lipinski definition) is 2. The summed E-state index contributed by atoms with van der Waals surface area (Å²) in [6, 6.07) is 10.1. The minimum Gasteiger partial charge on any atom is -0.303 e. The van der Waals surface area contributed by atoms with Gasteiger partial charge in [-0.25, -0.2) is 0 Å². The van der Waals surface area contributed by atoms with Gasteiger partial charge < -0.3 is 5.32 Å². The van der Waals surface area contributed by atoms with Gasteiger partial charge in [-0.1, -0.05) is 30.3 Å². The van der Waals surface area contributed by atoms with Crippen LogP contribution in [0.2, 0.25) is 0 Å². The minimum atomic E-state index is -0.249. The van der Waals surface area contributed by atoms with Crippen LogP contribution in [0, 0.1) is 0 Å². The van der Waals surface area contributed by atoms with Gasteiger partial charge in [-0.2, -0.15) is 0 Å². The standard InChI is InChI=1S/C14H18N2O2/c1-10(9-11-5-3-2-4-6-11)15-12-7-8-13(17)16-14(12)18/h2-6,10,12,15H,7-9H2,1H3,(H,16,17,18). The molecule has 2 atom stereocenters. The Kier molecular flexibility index (Phi) is 4.10. The highest BCUT2D eigenvalue weighted by Crippen LogP contribution is 2.08. The maximum absolute atomic E-state index is 11.6. The lowest BCUT2D eigenvalue weighted by Gasteiger charge is -2.25. The predicted octanol–water partition coefficient (Wildman–Crippen LogP) is 1.01. The van der Waals surface area contributed by atoms with Gasteiger partial charge in [0.2, 0.25) is 11.8 Å². The highest BCUT2D eigenvalue weighted by atomic mass is 16.2. The van der Waals surface area contributed by atoms with Gasteiger partial charge in [-0.3, -0.25) is 14.9 Å². The van der Waals surface area contributed by atoms with Crippen LogP contribution in [0.3, 0.4) is 0 Å². The van der Waals surface area contributed by atoms with Gasteiger partial charge in [0.15, 0.2) is 0 Å². The summed E-state index contributed by atoms with van der Waals surface area (Å²) in [4.78, 5) is 22.6. The van der Waals surface area contributed by atoms with Crippen molar-refractivity contribution in [1.82, 2.24) is 10.6 Å². The van der Waals surface area contributed by atoms with E-state index in [-0.39, 0.29) is 23.9 Å². The van der Waals surface area contributed by atoms with Crippen molar-refractivity contribution in [3.8, 4) is 0 Å². The summed E-state index contributed by atoms with van der Waals surface area (Å²) in [6.07, 6.45) is 1.88. The third-order valence-electron chi connectivity index (χ3n) is 3.11. The number of rotatable bonds is 4. The summed E-state index contributed by atoms with van der Waals surface area (Å²) in [6.45, 7) is 2.05. The van der Waals surface area contributed by atoms with E-state index in [9.17, 15) is 9.59 Å². The van der Waals surface area contributed by atoms with Gasteiger partial charge in [-0.05, 0) is 25.3 Å². The number of benzene rings is 1.